The van der Waals surface area contributed by atoms with Crippen molar-refractivity contribution in [2.45, 2.75) is 64.5 Å². The van der Waals surface area contributed by atoms with Crippen molar-refractivity contribution in [3.05, 3.63) is 34.4 Å². The third-order valence-corrected chi connectivity index (χ3v) is 7.00. The first-order chi connectivity index (χ1) is 11.5. The van der Waals surface area contributed by atoms with Gasteiger partial charge in [-0.25, -0.2) is 0 Å². The number of ketones is 1. The fourth-order valence-electron chi connectivity index (χ4n) is 5.05. The highest BCUT2D eigenvalue weighted by Crippen LogP contribution is 2.49. The van der Waals surface area contributed by atoms with Gasteiger partial charge in [-0.3, -0.25) is 9.69 Å². The van der Waals surface area contributed by atoms with Crippen molar-refractivity contribution < 1.29 is 9.90 Å². The number of aliphatic hydroxyl groups excluding tert-OH is 1. The molecule has 1 saturated heterocycles. The largest absolute Gasteiger partial charge is 0.392 e. The van der Waals surface area contributed by atoms with E-state index in [1.54, 1.807) is 0 Å². The van der Waals surface area contributed by atoms with Gasteiger partial charge in [-0.1, -0.05) is 19.9 Å². The monoisotopic (exact) mass is 327 g/mol. The Morgan fingerprint density at radius 3 is 2.75 bits per heavy atom. The number of Topliss-reactive ketones (excluding diaryl/α,β-unsaturated/α-hetero) is 1. The summed E-state index contributed by atoms with van der Waals surface area (Å²) >= 11 is 0. The second-order valence-corrected chi connectivity index (χ2v) is 8.54. The highest BCUT2D eigenvalue weighted by atomic mass is 16.3. The summed E-state index contributed by atoms with van der Waals surface area (Å²) in [5.74, 6) is 1.44. The molecule has 0 aromatic heterocycles. The topological polar surface area (TPSA) is 40.5 Å². The van der Waals surface area contributed by atoms with Crippen molar-refractivity contribution in [1.29, 1.82) is 0 Å². The van der Waals surface area contributed by atoms with E-state index in [0.717, 1.165) is 48.5 Å². The summed E-state index contributed by atoms with van der Waals surface area (Å²) in [6, 6.07) is 4.17. The molecular formula is C21H29NO2. The predicted molar refractivity (Wildman–Crippen MR) is 95.3 cm³/mol. The molecule has 2 bridgehead atoms. The zero-order chi connectivity index (χ0) is 17.1. The average Bonchev–Trinajstić information content (AvgIpc) is 3.37. The van der Waals surface area contributed by atoms with Crippen molar-refractivity contribution in [3.8, 4) is 0 Å². The molecule has 3 heteroatoms. The van der Waals surface area contributed by atoms with Gasteiger partial charge in [-0.15, -0.1) is 0 Å². The summed E-state index contributed by atoms with van der Waals surface area (Å²) in [6.45, 7) is 8.83. The number of benzene rings is 1. The Hall–Kier alpha value is -1.19. The van der Waals surface area contributed by atoms with Gasteiger partial charge in [0.05, 0.1) is 12.6 Å². The van der Waals surface area contributed by atoms with Gasteiger partial charge in [-0.05, 0) is 79.2 Å². The molecule has 1 aliphatic heterocycles. The zero-order valence-electron chi connectivity index (χ0n) is 15.1. The molecule has 2 fully saturated rings. The van der Waals surface area contributed by atoms with Crippen molar-refractivity contribution in [3.63, 3.8) is 0 Å². The summed E-state index contributed by atoms with van der Waals surface area (Å²) < 4.78 is 0. The molecule has 1 aromatic rings. The van der Waals surface area contributed by atoms with E-state index in [1.807, 2.05) is 13.0 Å². The lowest BCUT2D eigenvalue weighted by Crippen LogP contribution is -2.54. The Morgan fingerprint density at radius 1 is 1.33 bits per heavy atom. The Kier molecular flexibility index (Phi) is 3.85. The summed E-state index contributed by atoms with van der Waals surface area (Å²) in [6.07, 6.45) is 4.96. The minimum absolute atomic E-state index is 0.00904. The third kappa shape index (κ3) is 2.36. The molecule has 1 heterocycles. The number of hydrogen-bond acceptors (Lipinski definition) is 3. The molecule has 3 nitrogen and oxygen atoms in total. The number of nitrogens with zero attached hydrogens (tertiary/aromatic N) is 1. The normalized spacial score (nSPS) is 33.2. The Bertz CT molecular complexity index is 679. The van der Waals surface area contributed by atoms with Crippen LogP contribution in [0.5, 0.6) is 0 Å². The van der Waals surface area contributed by atoms with Crippen molar-refractivity contribution in [2.75, 3.05) is 13.1 Å². The van der Waals surface area contributed by atoms with Gasteiger partial charge in [0.25, 0.3) is 0 Å². The smallest absolute Gasteiger partial charge is 0.180 e. The summed E-state index contributed by atoms with van der Waals surface area (Å²) in [5.41, 5.74) is 4.16. The number of aliphatic hydroxyl groups is 1. The van der Waals surface area contributed by atoms with Crippen molar-refractivity contribution in [1.82, 2.24) is 4.90 Å². The number of likely N-dealkylation sites (tertiary alicyclic amines) is 1. The highest BCUT2D eigenvalue weighted by Gasteiger charge is 2.51. The van der Waals surface area contributed by atoms with E-state index < -0.39 is 0 Å². The van der Waals surface area contributed by atoms with Gasteiger partial charge in [0.1, 0.15) is 0 Å². The lowest BCUT2D eigenvalue weighted by molar-refractivity contribution is 0.0642. The van der Waals surface area contributed by atoms with Crippen LogP contribution in [0.2, 0.25) is 0 Å². The van der Waals surface area contributed by atoms with Crippen molar-refractivity contribution in [2.24, 2.45) is 11.8 Å². The fourth-order valence-corrected chi connectivity index (χ4v) is 5.05. The lowest BCUT2D eigenvalue weighted by Gasteiger charge is -2.46. The number of hydrogen-bond donors (Lipinski definition) is 1. The molecule has 1 N–H and O–H groups in total. The first-order valence-corrected chi connectivity index (χ1v) is 9.49. The molecule has 1 saturated carbocycles. The van der Waals surface area contributed by atoms with Gasteiger partial charge in [0.2, 0.25) is 0 Å². The van der Waals surface area contributed by atoms with Gasteiger partial charge < -0.3 is 5.11 Å². The lowest BCUT2D eigenvalue weighted by atomic mass is 9.60. The zero-order valence-corrected chi connectivity index (χ0v) is 15.1. The maximum absolute atomic E-state index is 13.4. The molecular weight excluding hydrogens is 298 g/mol. The number of rotatable bonds is 3. The molecule has 0 unspecified atom stereocenters. The Balaban J connectivity index is 1.83. The molecule has 2 aliphatic carbocycles. The minimum Gasteiger partial charge on any atom is -0.392 e. The summed E-state index contributed by atoms with van der Waals surface area (Å²) in [5, 5.41) is 9.64. The van der Waals surface area contributed by atoms with E-state index in [-0.39, 0.29) is 23.8 Å². The van der Waals surface area contributed by atoms with Gasteiger partial charge in [0, 0.05) is 12.1 Å². The van der Waals surface area contributed by atoms with Crippen LogP contribution in [-0.4, -0.2) is 34.9 Å². The maximum Gasteiger partial charge on any atom is 0.180 e. The van der Waals surface area contributed by atoms with E-state index in [4.69, 9.17) is 0 Å². The molecule has 0 radical (unpaired) electrons. The van der Waals surface area contributed by atoms with Crippen LogP contribution >= 0.6 is 0 Å². The van der Waals surface area contributed by atoms with Crippen LogP contribution in [0.3, 0.4) is 0 Å². The van der Waals surface area contributed by atoms with Crippen LogP contribution in [0.25, 0.3) is 0 Å². The van der Waals surface area contributed by atoms with Crippen LogP contribution in [0.15, 0.2) is 12.1 Å². The van der Waals surface area contributed by atoms with Crippen molar-refractivity contribution >= 4 is 5.78 Å². The summed E-state index contributed by atoms with van der Waals surface area (Å²) in [4.78, 5) is 15.9. The molecule has 3 aliphatic rings. The Labute approximate surface area is 145 Å². The first-order valence-electron chi connectivity index (χ1n) is 9.49. The van der Waals surface area contributed by atoms with Gasteiger partial charge >= 0.3 is 0 Å². The number of carbonyl (C=O) groups excluding carboxylic acids is 1. The molecule has 4 rings (SSSR count). The number of aryl methyl sites for hydroxylation is 1. The quantitative estimate of drug-likeness (QED) is 0.924. The Morgan fingerprint density at radius 2 is 2.08 bits per heavy atom. The molecule has 0 amide bonds. The predicted octanol–water partition coefficient (Wildman–Crippen LogP) is 3.45. The van der Waals surface area contributed by atoms with Crippen LogP contribution in [-0.2, 0) is 12.0 Å². The van der Waals surface area contributed by atoms with E-state index in [0.29, 0.717) is 5.92 Å². The fraction of sp³-hybridized carbons (Fsp3) is 0.667. The molecule has 3 atom stereocenters. The third-order valence-electron chi connectivity index (χ3n) is 7.00. The van der Waals surface area contributed by atoms with Crippen LogP contribution < -0.4 is 0 Å². The number of fused-ring (bicyclic) bond motifs is 4. The van der Waals surface area contributed by atoms with E-state index >= 15 is 0 Å². The average molecular weight is 327 g/mol. The minimum atomic E-state index is 0.00904. The molecule has 24 heavy (non-hydrogen) atoms. The summed E-state index contributed by atoms with van der Waals surface area (Å²) in [7, 11) is 0. The second-order valence-electron chi connectivity index (χ2n) is 8.54. The molecule has 0 spiro atoms. The SMILES string of the molecule is Cc1cc2c(cc1CO)C(=O)[C@@H]1[C@H](C)[C@]2(C)CCCN1CC1CC1. The van der Waals surface area contributed by atoms with E-state index in [1.165, 1.54) is 18.4 Å². The molecule has 130 valence electrons. The second kappa shape index (κ2) is 5.67. The standard InChI is InChI=1S/C21H29NO2/c1-13-9-18-17(10-16(13)12-23)20(24)19-14(2)21(18,3)7-4-8-22(19)11-15-5-6-15/h9-10,14-15,19,23H,4-8,11-12H2,1-3H3/t14-,19-,21-/m0/s1. The van der Waals surface area contributed by atoms with E-state index in [9.17, 15) is 9.90 Å². The van der Waals surface area contributed by atoms with E-state index in [2.05, 4.69) is 24.8 Å². The molecule has 1 aromatic carbocycles. The van der Waals surface area contributed by atoms with Crippen LogP contribution in [0.4, 0.5) is 0 Å². The van der Waals surface area contributed by atoms with Gasteiger partial charge in [-0.2, -0.15) is 0 Å². The highest BCUT2D eigenvalue weighted by molar-refractivity contribution is 6.03. The van der Waals surface area contributed by atoms with Crippen LogP contribution in [0, 0.1) is 18.8 Å². The van der Waals surface area contributed by atoms with Gasteiger partial charge in [0.15, 0.2) is 5.78 Å². The maximum atomic E-state index is 13.4. The number of carbonyl (C=O) groups is 1. The van der Waals surface area contributed by atoms with Crippen LogP contribution in [0.1, 0.15) is 66.6 Å². The first kappa shape index (κ1) is 16.3.